The number of rotatable bonds is 0. The maximum atomic E-state index is 4.96. The fourth-order valence-corrected chi connectivity index (χ4v) is 4.13. The van der Waals surface area contributed by atoms with E-state index in [2.05, 4.69) is 10.6 Å². The van der Waals surface area contributed by atoms with Crippen LogP contribution in [0, 0.1) is 0 Å². The monoisotopic (exact) mass is 386 g/mol. The zero-order valence-electron chi connectivity index (χ0n) is 15.7. The summed E-state index contributed by atoms with van der Waals surface area (Å²) in [5.41, 5.74) is 10.2. The molecule has 7 rings (SSSR count). The molecule has 4 aromatic carbocycles. The predicted octanol–water partition coefficient (Wildman–Crippen LogP) is 5.68. The molecule has 0 atom stereocenters. The minimum atomic E-state index is 0.745. The van der Waals surface area contributed by atoms with Crippen LogP contribution < -0.4 is 10.6 Å². The normalized spacial score (nSPS) is 12.5. The lowest BCUT2D eigenvalue weighted by Gasteiger charge is -2.25. The second-order valence-corrected chi connectivity index (χ2v) is 7.36. The van der Waals surface area contributed by atoms with Crippen LogP contribution in [0.15, 0.2) is 72.8 Å². The second kappa shape index (κ2) is 5.61. The summed E-state index contributed by atoms with van der Waals surface area (Å²) in [5, 5.41) is 7.11. The van der Waals surface area contributed by atoms with Crippen LogP contribution >= 0.6 is 0 Å². The maximum Gasteiger partial charge on any atom is 0.120 e. The smallest absolute Gasteiger partial charge is 0.120 e. The van der Waals surface area contributed by atoms with E-state index in [-0.39, 0.29) is 0 Å². The van der Waals surface area contributed by atoms with Crippen molar-refractivity contribution in [3.05, 3.63) is 72.8 Å². The number of nitrogens with one attached hydrogen (secondary N) is 2. The topological polar surface area (TPSA) is 75.6 Å². The number of hydrogen-bond acceptors (Lipinski definition) is 6. The first-order valence-corrected chi connectivity index (χ1v) is 9.77. The van der Waals surface area contributed by atoms with E-state index < -0.39 is 0 Å². The number of benzene rings is 4. The molecule has 30 heavy (non-hydrogen) atoms. The lowest BCUT2D eigenvalue weighted by atomic mass is 10.1. The summed E-state index contributed by atoms with van der Waals surface area (Å²) in [6, 6.07) is 23.9. The standard InChI is InChI=1S/C24H14N6/c1-2-8-14-13(7-1)25-19-20(26-14)22-24(30-18-12-6-5-11-17(18)28-22)23-21(19)27-15-9-3-4-10-16(15)29-23/h1-12,25-26H. The third kappa shape index (κ3) is 2.07. The van der Waals surface area contributed by atoms with E-state index in [0.29, 0.717) is 0 Å². The first-order valence-electron chi connectivity index (χ1n) is 9.77. The molecule has 6 aromatic rings. The van der Waals surface area contributed by atoms with Gasteiger partial charge in [-0.2, -0.15) is 0 Å². The molecule has 2 N–H and O–H groups in total. The van der Waals surface area contributed by atoms with Crippen molar-refractivity contribution in [2.75, 3.05) is 10.6 Å². The molecule has 0 fully saturated rings. The highest BCUT2D eigenvalue weighted by Crippen LogP contribution is 2.46. The molecule has 1 aliphatic heterocycles. The Morgan fingerprint density at radius 2 is 0.733 bits per heavy atom. The van der Waals surface area contributed by atoms with Gasteiger partial charge < -0.3 is 10.6 Å². The van der Waals surface area contributed by atoms with Crippen LogP contribution in [0.3, 0.4) is 0 Å². The molecule has 0 amide bonds. The summed E-state index contributed by atoms with van der Waals surface area (Å²) in [6.07, 6.45) is 0. The SMILES string of the molecule is c1ccc2c(c1)Nc1c(c3nc4ccccc4nc3c3nc4ccccc4nc13)N2. The molecule has 0 spiro atoms. The number of nitrogens with zero attached hydrogens (tertiary/aromatic N) is 4. The highest BCUT2D eigenvalue weighted by Gasteiger charge is 2.24. The lowest BCUT2D eigenvalue weighted by molar-refractivity contribution is 1.34. The Balaban J connectivity index is 1.70. The number of hydrogen-bond donors (Lipinski definition) is 2. The number of aromatic nitrogens is 4. The molecule has 0 saturated carbocycles. The molecule has 0 aliphatic carbocycles. The minimum absolute atomic E-state index is 0.745. The first kappa shape index (κ1) is 15.6. The predicted molar refractivity (Wildman–Crippen MR) is 121 cm³/mol. The average molecular weight is 386 g/mol. The minimum Gasteiger partial charge on any atom is -0.350 e. The fourth-order valence-electron chi connectivity index (χ4n) is 4.13. The highest BCUT2D eigenvalue weighted by atomic mass is 15.1. The van der Waals surface area contributed by atoms with E-state index in [1.165, 1.54) is 0 Å². The summed E-state index contributed by atoms with van der Waals surface area (Å²) in [6.45, 7) is 0. The number of fused-ring (bicyclic) bond motifs is 9. The van der Waals surface area contributed by atoms with Gasteiger partial charge in [0.05, 0.1) is 44.8 Å². The van der Waals surface area contributed by atoms with E-state index in [4.69, 9.17) is 19.9 Å². The second-order valence-electron chi connectivity index (χ2n) is 7.36. The van der Waals surface area contributed by atoms with Gasteiger partial charge in [-0.15, -0.1) is 0 Å². The Bertz CT molecular complexity index is 1530. The largest absolute Gasteiger partial charge is 0.350 e. The highest BCUT2D eigenvalue weighted by molar-refractivity contribution is 6.19. The third-order valence-electron chi connectivity index (χ3n) is 5.54. The maximum absolute atomic E-state index is 4.96. The molecular formula is C24H14N6. The van der Waals surface area contributed by atoms with Crippen LogP contribution in [-0.4, -0.2) is 19.9 Å². The van der Waals surface area contributed by atoms with Crippen molar-refractivity contribution in [3.63, 3.8) is 0 Å². The third-order valence-corrected chi connectivity index (χ3v) is 5.54. The zero-order chi connectivity index (χ0) is 19.7. The molecule has 140 valence electrons. The Labute approximate surface area is 170 Å². The molecule has 0 radical (unpaired) electrons. The van der Waals surface area contributed by atoms with E-state index in [1.807, 2.05) is 72.8 Å². The quantitative estimate of drug-likeness (QED) is 0.258. The summed E-state index contributed by atoms with van der Waals surface area (Å²) in [7, 11) is 0. The van der Waals surface area contributed by atoms with Gasteiger partial charge in [0, 0.05) is 0 Å². The van der Waals surface area contributed by atoms with Crippen LogP contribution in [0.2, 0.25) is 0 Å². The van der Waals surface area contributed by atoms with Crippen molar-refractivity contribution < 1.29 is 0 Å². The number of para-hydroxylation sites is 6. The Kier molecular flexibility index (Phi) is 2.91. The van der Waals surface area contributed by atoms with Crippen LogP contribution in [-0.2, 0) is 0 Å². The molecule has 0 bridgehead atoms. The van der Waals surface area contributed by atoms with Gasteiger partial charge >= 0.3 is 0 Å². The summed E-state index contributed by atoms with van der Waals surface area (Å²) >= 11 is 0. The van der Waals surface area contributed by atoms with Crippen LogP contribution in [0.5, 0.6) is 0 Å². The van der Waals surface area contributed by atoms with Crippen LogP contribution in [0.25, 0.3) is 44.1 Å². The molecule has 3 heterocycles. The van der Waals surface area contributed by atoms with Crippen molar-refractivity contribution in [3.8, 4) is 0 Å². The molecule has 1 aliphatic rings. The van der Waals surface area contributed by atoms with E-state index in [1.54, 1.807) is 0 Å². The molecule has 0 unspecified atom stereocenters. The molecule has 0 saturated heterocycles. The average Bonchev–Trinajstić information content (AvgIpc) is 2.81. The lowest BCUT2D eigenvalue weighted by Crippen LogP contribution is -2.09. The summed E-state index contributed by atoms with van der Waals surface area (Å²) in [5.74, 6) is 0. The number of anilines is 4. The van der Waals surface area contributed by atoms with Crippen molar-refractivity contribution in [1.29, 1.82) is 0 Å². The van der Waals surface area contributed by atoms with Crippen molar-refractivity contribution in [1.82, 2.24) is 19.9 Å². The van der Waals surface area contributed by atoms with Crippen molar-refractivity contribution >= 4 is 66.9 Å². The van der Waals surface area contributed by atoms with Crippen molar-refractivity contribution in [2.45, 2.75) is 0 Å². The van der Waals surface area contributed by atoms with Gasteiger partial charge in [0.1, 0.15) is 22.1 Å². The Morgan fingerprint density at radius 3 is 1.13 bits per heavy atom. The molecular weight excluding hydrogens is 372 g/mol. The Morgan fingerprint density at radius 1 is 0.400 bits per heavy atom. The van der Waals surface area contributed by atoms with Crippen molar-refractivity contribution in [2.24, 2.45) is 0 Å². The van der Waals surface area contributed by atoms with Gasteiger partial charge in [0.15, 0.2) is 0 Å². The summed E-state index contributed by atoms with van der Waals surface area (Å²) < 4.78 is 0. The van der Waals surface area contributed by atoms with Gasteiger partial charge in [-0.3, -0.25) is 0 Å². The Hall–Kier alpha value is -4.32. The van der Waals surface area contributed by atoms with Crippen LogP contribution in [0.4, 0.5) is 22.7 Å². The summed E-state index contributed by atoms with van der Waals surface area (Å²) in [4.78, 5) is 19.8. The van der Waals surface area contributed by atoms with Gasteiger partial charge in [-0.1, -0.05) is 36.4 Å². The molecule has 2 aromatic heterocycles. The van der Waals surface area contributed by atoms with E-state index in [0.717, 1.165) is 66.9 Å². The van der Waals surface area contributed by atoms with Gasteiger partial charge in [0.25, 0.3) is 0 Å². The zero-order valence-corrected chi connectivity index (χ0v) is 15.7. The fraction of sp³-hybridized carbons (Fsp3) is 0. The molecule has 6 heteroatoms. The molecule has 6 nitrogen and oxygen atoms in total. The van der Waals surface area contributed by atoms with Crippen LogP contribution in [0.1, 0.15) is 0 Å². The van der Waals surface area contributed by atoms with Gasteiger partial charge in [-0.25, -0.2) is 19.9 Å². The van der Waals surface area contributed by atoms with E-state index >= 15 is 0 Å². The van der Waals surface area contributed by atoms with E-state index in [9.17, 15) is 0 Å². The first-order chi connectivity index (χ1) is 14.8. The van der Waals surface area contributed by atoms with Gasteiger partial charge in [-0.05, 0) is 36.4 Å². The van der Waals surface area contributed by atoms with Gasteiger partial charge in [0.2, 0.25) is 0 Å².